The van der Waals surface area contributed by atoms with Gasteiger partial charge in [-0.2, -0.15) is 0 Å². The van der Waals surface area contributed by atoms with E-state index in [2.05, 4.69) is 0 Å². The number of ether oxygens (including phenoxy) is 1. The van der Waals surface area contributed by atoms with Gasteiger partial charge in [0.25, 0.3) is 0 Å². The smallest absolute Gasteiger partial charge is 0.340 e. The number of hydrogen-bond acceptors (Lipinski definition) is 2. The number of carbonyl (C=O) groups excluding carboxylic acids is 1. The second-order valence-electron chi connectivity index (χ2n) is 3.64. The van der Waals surface area contributed by atoms with Crippen molar-refractivity contribution in [2.45, 2.75) is 13.8 Å². The Hall–Kier alpha value is -1.19. The number of aromatic nitrogens is 1. The number of hydrogen-bond donors (Lipinski definition) is 0. The number of carbonyl (C=O) groups is 1. The maximum atomic E-state index is 11.8. The van der Waals surface area contributed by atoms with Gasteiger partial charge in [0.2, 0.25) is 0 Å². The molecule has 0 aliphatic heterocycles. The van der Waals surface area contributed by atoms with Gasteiger partial charge in [-0.3, -0.25) is 0 Å². The molecule has 2 heterocycles. The largest absolute Gasteiger partial charge is 0.462 e. The molecule has 2 rings (SSSR count). The zero-order valence-electron chi connectivity index (χ0n) is 9.46. The summed E-state index contributed by atoms with van der Waals surface area (Å²) >= 11 is 12.0. The second kappa shape index (κ2) is 4.59. The number of esters is 1. The summed E-state index contributed by atoms with van der Waals surface area (Å²) in [7, 11) is 0. The molecule has 0 radical (unpaired) electrons. The van der Waals surface area contributed by atoms with Gasteiger partial charge in [-0.15, -0.1) is 0 Å². The summed E-state index contributed by atoms with van der Waals surface area (Å²) in [6.07, 6.45) is 1.72. The predicted octanol–water partition coefficient (Wildman–Crippen LogP) is 3.73. The van der Waals surface area contributed by atoms with Gasteiger partial charge in [0.05, 0.1) is 27.7 Å². The van der Waals surface area contributed by atoms with Crippen LogP contribution in [0, 0.1) is 6.92 Å². The topological polar surface area (TPSA) is 30.7 Å². The number of nitrogens with zero attached hydrogens (tertiary/aromatic N) is 1. The van der Waals surface area contributed by atoms with E-state index in [0.717, 1.165) is 5.69 Å². The van der Waals surface area contributed by atoms with Gasteiger partial charge in [-0.1, -0.05) is 23.2 Å². The Morgan fingerprint density at radius 1 is 1.41 bits per heavy atom. The van der Waals surface area contributed by atoms with Crippen molar-refractivity contribution in [2.24, 2.45) is 0 Å². The van der Waals surface area contributed by atoms with E-state index in [-0.39, 0.29) is 5.97 Å². The molecular formula is C12H11Cl2NO2. The molecule has 90 valence electrons. The monoisotopic (exact) mass is 271 g/mol. The fraction of sp³-hybridized carbons (Fsp3) is 0.250. The van der Waals surface area contributed by atoms with Crippen molar-refractivity contribution in [3.05, 3.63) is 39.6 Å². The van der Waals surface area contributed by atoms with E-state index < -0.39 is 0 Å². The summed E-state index contributed by atoms with van der Waals surface area (Å²) in [6.45, 7) is 3.98. The van der Waals surface area contributed by atoms with Crippen LogP contribution in [0.2, 0.25) is 10.0 Å². The van der Waals surface area contributed by atoms with Crippen molar-refractivity contribution in [3.8, 4) is 0 Å². The van der Waals surface area contributed by atoms with Crippen molar-refractivity contribution in [3.63, 3.8) is 0 Å². The molecule has 0 saturated carbocycles. The molecule has 5 heteroatoms. The quantitative estimate of drug-likeness (QED) is 0.780. The molecule has 0 bridgehead atoms. The fourth-order valence-corrected chi connectivity index (χ4v) is 2.35. The van der Waals surface area contributed by atoms with E-state index in [1.165, 1.54) is 0 Å². The SMILES string of the molecule is CCOC(=O)c1cc(C)n2cc(Cl)cc(Cl)c12. The first-order valence-corrected chi connectivity index (χ1v) is 5.94. The Balaban J connectivity index is 2.70. The standard InChI is InChI=1S/C12H11Cl2NO2/c1-3-17-12(16)9-4-7(2)15-6-8(13)5-10(14)11(9)15/h4-6H,3H2,1-2H3. The van der Waals surface area contributed by atoms with Crippen LogP contribution in [0.5, 0.6) is 0 Å². The van der Waals surface area contributed by atoms with E-state index in [1.807, 2.05) is 6.92 Å². The van der Waals surface area contributed by atoms with Gasteiger partial charge in [-0.25, -0.2) is 4.79 Å². The lowest BCUT2D eigenvalue weighted by atomic mass is 10.2. The highest BCUT2D eigenvalue weighted by Gasteiger charge is 2.17. The summed E-state index contributed by atoms with van der Waals surface area (Å²) in [4.78, 5) is 11.8. The number of aryl methyl sites for hydroxylation is 1. The molecule has 0 saturated heterocycles. The highest BCUT2D eigenvalue weighted by molar-refractivity contribution is 6.37. The van der Waals surface area contributed by atoms with Crippen molar-refractivity contribution < 1.29 is 9.53 Å². The van der Waals surface area contributed by atoms with Crippen LogP contribution in [0.1, 0.15) is 23.0 Å². The summed E-state index contributed by atoms with van der Waals surface area (Å²) in [5.41, 5.74) is 1.98. The lowest BCUT2D eigenvalue weighted by molar-refractivity contribution is 0.0529. The second-order valence-corrected chi connectivity index (χ2v) is 4.49. The van der Waals surface area contributed by atoms with Crippen LogP contribution < -0.4 is 0 Å². The molecule has 2 aromatic rings. The minimum absolute atomic E-state index is 0.334. The number of halogens is 2. The highest BCUT2D eigenvalue weighted by atomic mass is 35.5. The van der Waals surface area contributed by atoms with Crippen LogP contribution in [-0.4, -0.2) is 17.0 Å². The van der Waals surface area contributed by atoms with E-state index in [4.69, 9.17) is 27.9 Å². The summed E-state index contributed by atoms with van der Waals surface area (Å²) in [5.74, 6) is -0.373. The molecular weight excluding hydrogens is 261 g/mol. The molecule has 0 N–H and O–H groups in total. The molecule has 0 aromatic carbocycles. The predicted molar refractivity (Wildman–Crippen MR) is 68.1 cm³/mol. The number of pyridine rings is 1. The Kier molecular flexibility index (Phi) is 3.31. The molecule has 0 aliphatic carbocycles. The number of rotatable bonds is 2. The van der Waals surface area contributed by atoms with Gasteiger partial charge in [0, 0.05) is 11.9 Å². The maximum Gasteiger partial charge on any atom is 0.340 e. The third-order valence-corrected chi connectivity index (χ3v) is 2.96. The Morgan fingerprint density at radius 3 is 2.76 bits per heavy atom. The first kappa shape index (κ1) is 12.3. The first-order valence-electron chi connectivity index (χ1n) is 5.18. The van der Waals surface area contributed by atoms with E-state index in [0.29, 0.717) is 27.7 Å². The molecule has 2 aromatic heterocycles. The Morgan fingerprint density at radius 2 is 2.12 bits per heavy atom. The average molecular weight is 272 g/mol. The average Bonchev–Trinajstić information content (AvgIpc) is 2.57. The van der Waals surface area contributed by atoms with E-state index >= 15 is 0 Å². The van der Waals surface area contributed by atoms with Crippen LogP contribution >= 0.6 is 23.2 Å². The van der Waals surface area contributed by atoms with Crippen LogP contribution in [0.25, 0.3) is 5.52 Å². The summed E-state index contributed by atoms with van der Waals surface area (Å²) in [6, 6.07) is 3.36. The molecule has 3 nitrogen and oxygen atoms in total. The van der Waals surface area contributed by atoms with E-state index in [1.54, 1.807) is 29.7 Å². The van der Waals surface area contributed by atoms with Crippen molar-refractivity contribution in [1.29, 1.82) is 0 Å². The Bertz CT molecular complexity index is 590. The van der Waals surface area contributed by atoms with Gasteiger partial charge in [-0.05, 0) is 26.0 Å². The molecule has 0 fully saturated rings. The molecule has 0 spiro atoms. The summed E-state index contributed by atoms with van der Waals surface area (Å²) in [5, 5.41) is 0.963. The molecule has 0 amide bonds. The van der Waals surface area contributed by atoms with Crippen molar-refractivity contribution in [1.82, 2.24) is 4.40 Å². The Labute approximate surface area is 109 Å². The minimum Gasteiger partial charge on any atom is -0.462 e. The van der Waals surface area contributed by atoms with Crippen LogP contribution in [0.15, 0.2) is 18.3 Å². The highest BCUT2D eigenvalue weighted by Crippen LogP contribution is 2.28. The van der Waals surface area contributed by atoms with Gasteiger partial charge < -0.3 is 9.14 Å². The first-order chi connectivity index (χ1) is 8.04. The maximum absolute atomic E-state index is 11.8. The van der Waals surface area contributed by atoms with Gasteiger partial charge in [0.15, 0.2) is 0 Å². The zero-order chi connectivity index (χ0) is 12.6. The van der Waals surface area contributed by atoms with Crippen molar-refractivity contribution in [2.75, 3.05) is 6.61 Å². The van der Waals surface area contributed by atoms with Crippen LogP contribution in [0.4, 0.5) is 0 Å². The third kappa shape index (κ3) is 2.13. The lowest BCUT2D eigenvalue weighted by Gasteiger charge is -2.04. The van der Waals surface area contributed by atoms with Crippen LogP contribution in [-0.2, 0) is 4.74 Å². The number of fused-ring (bicyclic) bond motifs is 1. The molecule has 0 aliphatic rings. The van der Waals surface area contributed by atoms with Gasteiger partial charge in [0.1, 0.15) is 0 Å². The molecule has 17 heavy (non-hydrogen) atoms. The fourth-order valence-electron chi connectivity index (χ4n) is 1.78. The molecule has 0 unspecified atom stereocenters. The summed E-state index contributed by atoms with van der Waals surface area (Å²) < 4.78 is 6.78. The van der Waals surface area contributed by atoms with Crippen molar-refractivity contribution >= 4 is 34.7 Å². The minimum atomic E-state index is -0.373. The molecule has 0 atom stereocenters. The van der Waals surface area contributed by atoms with E-state index in [9.17, 15) is 4.79 Å². The normalized spacial score (nSPS) is 10.8. The van der Waals surface area contributed by atoms with Crippen LogP contribution in [0.3, 0.4) is 0 Å². The third-order valence-electron chi connectivity index (χ3n) is 2.47. The van der Waals surface area contributed by atoms with Gasteiger partial charge >= 0.3 is 5.97 Å². The zero-order valence-corrected chi connectivity index (χ0v) is 11.0. The lowest BCUT2D eigenvalue weighted by Crippen LogP contribution is -2.04.